The van der Waals surface area contributed by atoms with Gasteiger partial charge in [-0.15, -0.1) is 0 Å². The molecule has 0 spiro atoms. The van der Waals surface area contributed by atoms with Gasteiger partial charge in [0.1, 0.15) is 17.6 Å². The fourth-order valence-electron chi connectivity index (χ4n) is 4.05. The van der Waals surface area contributed by atoms with Crippen LogP contribution in [0.2, 0.25) is 0 Å². The average molecular weight is 466 g/mol. The molecule has 174 valence electrons. The number of hydrogen-bond acceptors (Lipinski definition) is 7. The molecule has 1 atom stereocenters. The number of anilines is 1. The van der Waals surface area contributed by atoms with E-state index in [1.165, 1.54) is 13.3 Å². The molecule has 1 aliphatic rings. The van der Waals surface area contributed by atoms with Crippen LogP contribution in [0.15, 0.2) is 61.1 Å². The first-order chi connectivity index (χ1) is 16.4. The fraction of sp³-hybridized carbons (Fsp3) is 0.250. The van der Waals surface area contributed by atoms with Crippen molar-refractivity contribution in [3.8, 4) is 28.4 Å². The Hall–Kier alpha value is -3.79. The van der Waals surface area contributed by atoms with Gasteiger partial charge in [-0.25, -0.2) is 9.97 Å². The number of nitrogens with zero attached hydrogens (tertiary/aromatic N) is 5. The average Bonchev–Trinajstić information content (AvgIpc) is 2.88. The van der Waals surface area contributed by atoms with Crippen molar-refractivity contribution in [1.82, 2.24) is 25.3 Å². The van der Waals surface area contributed by atoms with Crippen LogP contribution in [0.1, 0.15) is 0 Å². The van der Waals surface area contributed by atoms with E-state index in [1.807, 2.05) is 36.4 Å². The molecule has 1 aliphatic heterocycles. The van der Waals surface area contributed by atoms with Gasteiger partial charge in [0, 0.05) is 37.0 Å². The molecule has 5 rings (SSSR count). The molecule has 34 heavy (non-hydrogen) atoms. The Bertz CT molecular complexity index is 1320. The Morgan fingerprint density at radius 2 is 1.88 bits per heavy atom. The molecule has 0 bridgehead atoms. The zero-order valence-electron chi connectivity index (χ0n) is 18.3. The predicted molar refractivity (Wildman–Crippen MR) is 123 cm³/mol. The third-order valence-electron chi connectivity index (χ3n) is 5.73. The fourth-order valence-corrected chi connectivity index (χ4v) is 4.05. The summed E-state index contributed by atoms with van der Waals surface area (Å²) in [5, 5.41) is 3.07. The van der Waals surface area contributed by atoms with Gasteiger partial charge in [-0.1, -0.05) is 30.3 Å². The minimum absolute atomic E-state index is 0.172. The Kier molecular flexibility index (Phi) is 5.74. The standard InChI is InChI=1S/C24H21F3N6O/c1-34-19-13-28-12-18-21(19)23(33-10-9-30-20(14-33)24(25,26)27)32-22(31-18)16-7-8-29-17(11-16)15-5-3-2-4-6-15/h2-8,11-13,20,30H,9-10,14H2,1H3. The number of aromatic nitrogens is 4. The van der Waals surface area contributed by atoms with E-state index < -0.39 is 12.2 Å². The van der Waals surface area contributed by atoms with E-state index in [2.05, 4.69) is 20.3 Å². The van der Waals surface area contributed by atoms with Crippen molar-refractivity contribution in [2.75, 3.05) is 31.6 Å². The van der Waals surface area contributed by atoms with E-state index >= 15 is 0 Å². The highest BCUT2D eigenvalue weighted by Crippen LogP contribution is 2.35. The summed E-state index contributed by atoms with van der Waals surface area (Å²) in [6.45, 7) is 0.257. The van der Waals surface area contributed by atoms with Crippen LogP contribution in [0.4, 0.5) is 19.0 Å². The molecule has 7 nitrogen and oxygen atoms in total. The lowest BCUT2D eigenvalue weighted by molar-refractivity contribution is -0.155. The smallest absolute Gasteiger partial charge is 0.405 e. The second-order valence-electron chi connectivity index (χ2n) is 7.90. The van der Waals surface area contributed by atoms with Crippen molar-refractivity contribution in [3.05, 3.63) is 61.1 Å². The lowest BCUT2D eigenvalue weighted by Gasteiger charge is -2.36. The van der Waals surface area contributed by atoms with Crippen LogP contribution in [0, 0.1) is 0 Å². The first kappa shape index (κ1) is 22.0. The third kappa shape index (κ3) is 4.24. The van der Waals surface area contributed by atoms with Crippen molar-refractivity contribution in [2.24, 2.45) is 0 Å². The van der Waals surface area contributed by atoms with Crippen LogP contribution in [-0.4, -0.2) is 58.9 Å². The summed E-state index contributed by atoms with van der Waals surface area (Å²) < 4.78 is 45.9. The molecule has 1 N–H and O–H groups in total. The maximum atomic E-state index is 13.5. The molecule has 0 radical (unpaired) electrons. The number of fused-ring (bicyclic) bond motifs is 1. The van der Waals surface area contributed by atoms with E-state index in [1.54, 1.807) is 23.4 Å². The van der Waals surface area contributed by atoms with Gasteiger partial charge in [-0.2, -0.15) is 13.2 Å². The minimum atomic E-state index is -4.37. The van der Waals surface area contributed by atoms with E-state index in [0.717, 1.165) is 11.3 Å². The molecule has 1 unspecified atom stereocenters. The van der Waals surface area contributed by atoms with E-state index in [0.29, 0.717) is 40.4 Å². The summed E-state index contributed by atoms with van der Waals surface area (Å²) in [7, 11) is 1.49. The van der Waals surface area contributed by atoms with Gasteiger partial charge in [0.25, 0.3) is 0 Å². The third-order valence-corrected chi connectivity index (χ3v) is 5.73. The van der Waals surface area contributed by atoms with Crippen LogP contribution in [0.25, 0.3) is 33.5 Å². The molecular weight excluding hydrogens is 445 g/mol. The van der Waals surface area contributed by atoms with E-state index in [9.17, 15) is 13.2 Å². The quantitative estimate of drug-likeness (QED) is 0.485. The van der Waals surface area contributed by atoms with Crippen LogP contribution in [0.5, 0.6) is 5.75 Å². The molecule has 4 aromatic rings. The Morgan fingerprint density at radius 3 is 2.65 bits per heavy atom. The lowest BCUT2D eigenvalue weighted by Crippen LogP contribution is -2.57. The lowest BCUT2D eigenvalue weighted by atomic mass is 10.1. The highest BCUT2D eigenvalue weighted by Gasteiger charge is 2.42. The topological polar surface area (TPSA) is 76.1 Å². The molecule has 1 aromatic carbocycles. The van der Waals surface area contributed by atoms with E-state index in [4.69, 9.17) is 9.72 Å². The maximum Gasteiger partial charge on any atom is 0.405 e. The largest absolute Gasteiger partial charge is 0.494 e. The van der Waals surface area contributed by atoms with Gasteiger partial charge < -0.3 is 15.0 Å². The Labute approximate surface area is 193 Å². The minimum Gasteiger partial charge on any atom is -0.494 e. The van der Waals surface area contributed by atoms with Crippen molar-refractivity contribution in [2.45, 2.75) is 12.2 Å². The summed E-state index contributed by atoms with van der Waals surface area (Å²) in [5.41, 5.74) is 2.86. The van der Waals surface area contributed by atoms with Gasteiger partial charge >= 0.3 is 6.18 Å². The van der Waals surface area contributed by atoms with Gasteiger partial charge in [-0.3, -0.25) is 9.97 Å². The summed E-state index contributed by atoms with van der Waals surface area (Å²) in [4.78, 5) is 19.7. The van der Waals surface area contributed by atoms with E-state index in [-0.39, 0.29) is 13.1 Å². The maximum absolute atomic E-state index is 13.5. The zero-order valence-corrected chi connectivity index (χ0v) is 18.3. The number of pyridine rings is 2. The first-order valence-corrected chi connectivity index (χ1v) is 10.7. The van der Waals surface area contributed by atoms with Crippen LogP contribution in [0.3, 0.4) is 0 Å². The van der Waals surface area contributed by atoms with Gasteiger partial charge in [-0.05, 0) is 12.1 Å². The number of rotatable bonds is 4. The summed E-state index contributed by atoms with van der Waals surface area (Å²) in [6, 6.07) is 11.7. The van der Waals surface area contributed by atoms with Gasteiger partial charge in [0.2, 0.25) is 0 Å². The molecule has 0 amide bonds. The summed E-state index contributed by atoms with van der Waals surface area (Å²) in [5.74, 6) is 1.16. The Balaban J connectivity index is 1.64. The van der Waals surface area contributed by atoms with Crippen molar-refractivity contribution < 1.29 is 17.9 Å². The number of halogens is 3. The molecule has 1 fully saturated rings. The molecule has 3 aromatic heterocycles. The van der Waals surface area contributed by atoms with Crippen molar-refractivity contribution >= 4 is 16.7 Å². The molecular formula is C24H21F3N6O. The number of nitrogens with one attached hydrogen (secondary N) is 1. The summed E-state index contributed by atoms with van der Waals surface area (Å²) >= 11 is 0. The number of benzene rings is 1. The van der Waals surface area contributed by atoms with Crippen molar-refractivity contribution in [3.63, 3.8) is 0 Å². The highest BCUT2D eigenvalue weighted by atomic mass is 19.4. The molecule has 10 heteroatoms. The van der Waals surface area contributed by atoms with Crippen LogP contribution < -0.4 is 15.0 Å². The second kappa shape index (κ2) is 8.86. The molecule has 4 heterocycles. The number of ether oxygens (including phenoxy) is 1. The number of methoxy groups -OCH3 is 1. The van der Waals surface area contributed by atoms with Crippen molar-refractivity contribution in [1.29, 1.82) is 0 Å². The number of hydrogen-bond donors (Lipinski definition) is 1. The Morgan fingerprint density at radius 1 is 1.06 bits per heavy atom. The van der Waals surface area contributed by atoms with Gasteiger partial charge in [0.15, 0.2) is 5.82 Å². The zero-order chi connectivity index (χ0) is 23.7. The molecule has 1 saturated heterocycles. The SMILES string of the molecule is COc1cncc2nc(-c3ccnc(-c4ccccc4)c3)nc(N3CCNC(C(F)(F)F)C3)c12. The molecule has 0 aliphatic carbocycles. The molecule has 0 saturated carbocycles. The summed E-state index contributed by atoms with van der Waals surface area (Å²) in [6.07, 6.45) is 0.373. The van der Waals surface area contributed by atoms with Crippen LogP contribution in [-0.2, 0) is 0 Å². The second-order valence-corrected chi connectivity index (χ2v) is 7.90. The first-order valence-electron chi connectivity index (χ1n) is 10.7. The van der Waals surface area contributed by atoms with Gasteiger partial charge in [0.05, 0.1) is 36.1 Å². The normalized spacial score (nSPS) is 16.6. The van der Waals surface area contributed by atoms with Crippen LogP contribution >= 0.6 is 0 Å². The number of alkyl halides is 3. The monoisotopic (exact) mass is 466 g/mol. The number of piperazine rings is 1. The highest BCUT2D eigenvalue weighted by molar-refractivity contribution is 5.95. The predicted octanol–water partition coefficient (Wildman–Crippen LogP) is 4.10.